The molecule has 1 aromatic heterocycles. The molecular weight excluding hydrogens is 448 g/mol. The van der Waals surface area contributed by atoms with Crippen LogP contribution in [0.4, 0.5) is 5.69 Å². The van der Waals surface area contributed by atoms with Gasteiger partial charge in [-0.15, -0.1) is 0 Å². The first-order chi connectivity index (χ1) is 17.5. The minimum Gasteiger partial charge on any atom is -0.398 e. The molecule has 0 unspecified atom stereocenters. The number of fused-ring (bicyclic) bond motifs is 6. The summed E-state index contributed by atoms with van der Waals surface area (Å²) >= 11 is 0. The van der Waals surface area contributed by atoms with Gasteiger partial charge in [-0.05, 0) is 34.2 Å². The second-order valence-corrected chi connectivity index (χ2v) is 8.81. The molecule has 2 aliphatic carbocycles. The van der Waals surface area contributed by atoms with Crippen LogP contribution >= 0.6 is 0 Å². The number of carbonyl (C=O) groups excluding carboxylic acids is 3. The Bertz CT molecular complexity index is 1890. The van der Waals surface area contributed by atoms with Crippen molar-refractivity contribution < 1.29 is 14.4 Å². The Hall–Kier alpha value is -4.90. The largest absolute Gasteiger partial charge is 0.398 e. The van der Waals surface area contributed by atoms with Crippen molar-refractivity contribution in [1.82, 2.24) is 4.98 Å². The number of anilines is 1. The Balaban J connectivity index is 0.000000134. The highest BCUT2D eigenvalue weighted by atomic mass is 16.1. The lowest BCUT2D eigenvalue weighted by atomic mass is 9.83. The third-order valence-corrected chi connectivity index (χ3v) is 6.59. The molecule has 5 heteroatoms. The van der Waals surface area contributed by atoms with E-state index < -0.39 is 0 Å². The predicted molar refractivity (Wildman–Crippen MR) is 141 cm³/mol. The van der Waals surface area contributed by atoms with Crippen LogP contribution < -0.4 is 16.3 Å². The molecule has 5 aromatic rings. The van der Waals surface area contributed by atoms with E-state index in [4.69, 9.17) is 5.73 Å². The molecule has 172 valence electrons. The number of aromatic nitrogens is 1. The van der Waals surface area contributed by atoms with Gasteiger partial charge in [0.1, 0.15) is 0 Å². The highest BCUT2D eigenvalue weighted by Crippen LogP contribution is 2.30. The van der Waals surface area contributed by atoms with Gasteiger partial charge in [0.2, 0.25) is 0 Å². The molecule has 0 bridgehead atoms. The number of benzene rings is 4. The number of nitrogen functional groups attached to an aromatic ring is 1. The maximum atomic E-state index is 12.2. The van der Waals surface area contributed by atoms with E-state index in [0.29, 0.717) is 34.4 Å². The summed E-state index contributed by atoms with van der Waals surface area (Å²) in [6.45, 7) is 0. The van der Waals surface area contributed by atoms with E-state index in [1.54, 1.807) is 48.5 Å². The third kappa shape index (κ3) is 3.49. The molecule has 2 aliphatic rings. The summed E-state index contributed by atoms with van der Waals surface area (Å²) in [6, 6.07) is 26.3. The summed E-state index contributed by atoms with van der Waals surface area (Å²) in [7, 11) is 0. The van der Waals surface area contributed by atoms with E-state index in [-0.39, 0.29) is 17.3 Å². The molecule has 0 radical (unpaired) electrons. The highest BCUT2D eigenvalue weighted by Gasteiger charge is 2.30. The number of pyridine rings is 1. The molecule has 7 rings (SSSR count). The maximum Gasteiger partial charge on any atom is 0.196 e. The van der Waals surface area contributed by atoms with Crippen molar-refractivity contribution in [3.63, 3.8) is 0 Å². The van der Waals surface area contributed by atoms with Gasteiger partial charge in [0.05, 0.1) is 16.4 Å². The summed E-state index contributed by atoms with van der Waals surface area (Å²) in [6.07, 6.45) is 4.08. The lowest BCUT2D eigenvalue weighted by Gasteiger charge is -2.18. The van der Waals surface area contributed by atoms with E-state index in [9.17, 15) is 14.4 Å². The third-order valence-electron chi connectivity index (χ3n) is 6.59. The molecule has 0 saturated carbocycles. The molecule has 5 nitrogen and oxygen atoms in total. The first-order valence-electron chi connectivity index (χ1n) is 11.6. The van der Waals surface area contributed by atoms with Crippen LogP contribution in [0.1, 0.15) is 38.3 Å². The summed E-state index contributed by atoms with van der Waals surface area (Å²) in [5, 5.41) is 5.42. The molecule has 0 aliphatic heterocycles. The second kappa shape index (κ2) is 8.40. The van der Waals surface area contributed by atoms with E-state index in [0.717, 1.165) is 21.5 Å². The predicted octanol–water partition coefficient (Wildman–Crippen LogP) is 3.97. The molecule has 36 heavy (non-hydrogen) atoms. The summed E-state index contributed by atoms with van der Waals surface area (Å²) < 4.78 is 0. The van der Waals surface area contributed by atoms with Crippen LogP contribution in [0.25, 0.3) is 33.8 Å². The van der Waals surface area contributed by atoms with E-state index in [1.807, 2.05) is 24.3 Å². The van der Waals surface area contributed by atoms with Crippen molar-refractivity contribution in [2.45, 2.75) is 6.42 Å². The van der Waals surface area contributed by atoms with Gasteiger partial charge in [-0.25, -0.2) is 4.98 Å². The van der Waals surface area contributed by atoms with Gasteiger partial charge in [-0.3, -0.25) is 14.4 Å². The fourth-order valence-electron chi connectivity index (χ4n) is 4.83. The van der Waals surface area contributed by atoms with Crippen molar-refractivity contribution in [3.05, 3.63) is 118 Å². The molecule has 1 heterocycles. The Labute approximate surface area is 206 Å². The quantitative estimate of drug-likeness (QED) is 0.269. The summed E-state index contributed by atoms with van der Waals surface area (Å²) in [5.41, 5.74) is 8.69. The van der Waals surface area contributed by atoms with Gasteiger partial charge in [0, 0.05) is 40.3 Å². The zero-order chi connectivity index (χ0) is 24.8. The topological polar surface area (TPSA) is 90.1 Å². The molecule has 0 fully saturated rings. The van der Waals surface area contributed by atoms with Crippen LogP contribution in [0.3, 0.4) is 0 Å². The summed E-state index contributed by atoms with van der Waals surface area (Å²) in [5.74, 6) is -0.184. The van der Waals surface area contributed by atoms with E-state index >= 15 is 0 Å². The van der Waals surface area contributed by atoms with Gasteiger partial charge in [0.15, 0.2) is 17.3 Å². The van der Waals surface area contributed by atoms with Crippen molar-refractivity contribution >= 4 is 56.9 Å². The second-order valence-electron chi connectivity index (χ2n) is 8.81. The molecule has 2 N–H and O–H groups in total. The Morgan fingerprint density at radius 2 is 1.42 bits per heavy atom. The van der Waals surface area contributed by atoms with E-state index in [1.165, 1.54) is 10.8 Å². The number of hydrogen-bond acceptors (Lipinski definition) is 5. The van der Waals surface area contributed by atoms with Gasteiger partial charge in [0.25, 0.3) is 0 Å². The van der Waals surface area contributed by atoms with Crippen molar-refractivity contribution in [2.24, 2.45) is 0 Å². The average molecular weight is 469 g/mol. The van der Waals surface area contributed by atoms with Crippen LogP contribution in [-0.4, -0.2) is 22.3 Å². The average Bonchev–Trinajstić information content (AvgIpc) is 2.91. The van der Waals surface area contributed by atoms with Gasteiger partial charge in [-0.2, -0.15) is 0 Å². The molecule has 4 aromatic carbocycles. The van der Waals surface area contributed by atoms with Crippen molar-refractivity contribution in [2.75, 3.05) is 5.73 Å². The number of hydrogen-bond donors (Lipinski definition) is 1. The van der Waals surface area contributed by atoms with Gasteiger partial charge < -0.3 is 5.73 Å². The molecule has 0 amide bonds. The Morgan fingerprint density at radius 1 is 0.694 bits per heavy atom. The first-order valence-corrected chi connectivity index (χ1v) is 11.6. The number of ketones is 3. The number of Topliss-reactive ketones (excluding diaryl/α,β-unsaturated/α-hetero) is 1. The minimum absolute atomic E-state index is 0.125. The van der Waals surface area contributed by atoms with Gasteiger partial charge in [-0.1, -0.05) is 72.8 Å². The van der Waals surface area contributed by atoms with Crippen molar-refractivity contribution in [3.8, 4) is 0 Å². The fraction of sp³-hybridized carbons (Fsp3) is 0.0323. The van der Waals surface area contributed by atoms with Crippen LogP contribution in [-0.2, 0) is 4.79 Å². The van der Waals surface area contributed by atoms with Gasteiger partial charge >= 0.3 is 0 Å². The molecule has 0 saturated heterocycles. The monoisotopic (exact) mass is 468 g/mol. The van der Waals surface area contributed by atoms with Crippen LogP contribution in [0.2, 0.25) is 0 Å². The maximum absolute atomic E-state index is 12.2. The van der Waals surface area contributed by atoms with E-state index in [2.05, 4.69) is 29.2 Å². The Kier molecular flexibility index (Phi) is 5.04. The lowest BCUT2D eigenvalue weighted by molar-refractivity contribution is -0.112. The standard InChI is InChI=1S/C17H11NO.C14H9NO2/c19-13-7-5-12-9-15-14-4-2-1-3-11(14)6-8-16(15)18-17(12)10-13;15-11-7-3-6-10-12(11)14(17)9-5-2-1-4-8(9)13(10)16/h1-6,8-10H,7H2;1-7H,15H2. The zero-order valence-corrected chi connectivity index (χ0v) is 19.2. The number of rotatable bonds is 0. The fourth-order valence-corrected chi connectivity index (χ4v) is 4.83. The highest BCUT2D eigenvalue weighted by molar-refractivity contribution is 6.30. The molecule has 0 spiro atoms. The van der Waals surface area contributed by atoms with Crippen LogP contribution in [0, 0.1) is 0 Å². The normalized spacial score (nSPS) is 13.6. The number of nitrogens with zero attached hydrogens (tertiary/aromatic N) is 1. The SMILES string of the molecule is Nc1cccc2c1C(=O)c1ccccc1C2=O.O=C1C=c2nc3ccc4ccccc4c3cc2=CC1. The molecule has 0 atom stereocenters. The summed E-state index contributed by atoms with van der Waals surface area (Å²) in [4.78, 5) is 40.5. The number of nitrogens with two attached hydrogens (primary N) is 1. The lowest BCUT2D eigenvalue weighted by Crippen LogP contribution is -2.32. The molecular formula is C31H20N2O3. The minimum atomic E-state index is -0.173. The Morgan fingerprint density at radius 3 is 2.25 bits per heavy atom. The van der Waals surface area contributed by atoms with Crippen LogP contribution in [0.15, 0.2) is 84.9 Å². The number of carbonyl (C=O) groups is 3. The van der Waals surface area contributed by atoms with Crippen LogP contribution in [0.5, 0.6) is 0 Å². The zero-order valence-electron chi connectivity index (χ0n) is 19.2. The first kappa shape index (κ1) is 21.6. The smallest absolute Gasteiger partial charge is 0.196 e. The van der Waals surface area contributed by atoms with Crippen molar-refractivity contribution in [1.29, 1.82) is 0 Å².